The molecule has 1 aromatic heterocycles. The lowest BCUT2D eigenvalue weighted by Gasteiger charge is -2.39. The Labute approximate surface area is 144 Å². The number of aromatic nitrogens is 1. The van der Waals surface area contributed by atoms with Crippen molar-refractivity contribution in [2.75, 3.05) is 6.54 Å². The summed E-state index contributed by atoms with van der Waals surface area (Å²) < 4.78 is 2.06. The van der Waals surface area contributed by atoms with Gasteiger partial charge in [-0.25, -0.2) is 0 Å². The summed E-state index contributed by atoms with van der Waals surface area (Å²) in [5.41, 5.74) is 2.52. The molecule has 1 aromatic carbocycles. The molecule has 2 atom stereocenters. The van der Waals surface area contributed by atoms with Crippen LogP contribution in [0.25, 0.3) is 5.69 Å². The minimum Gasteiger partial charge on any atom is -0.335 e. The third kappa shape index (κ3) is 2.66. The Hall–Kier alpha value is -2.03. The molecule has 1 saturated carbocycles. The molecule has 1 aliphatic heterocycles. The highest BCUT2D eigenvalue weighted by atomic mass is 16.2. The van der Waals surface area contributed by atoms with Gasteiger partial charge in [0, 0.05) is 36.2 Å². The highest BCUT2D eigenvalue weighted by Crippen LogP contribution is 2.52. The van der Waals surface area contributed by atoms with Crippen LogP contribution in [0.2, 0.25) is 0 Å². The topological polar surface area (TPSA) is 25.2 Å². The first-order valence-corrected chi connectivity index (χ1v) is 8.90. The number of amides is 1. The van der Waals surface area contributed by atoms with Crippen LogP contribution in [0.4, 0.5) is 0 Å². The van der Waals surface area contributed by atoms with Gasteiger partial charge < -0.3 is 9.47 Å². The van der Waals surface area contributed by atoms with E-state index in [0.29, 0.717) is 11.5 Å². The maximum absolute atomic E-state index is 13.1. The van der Waals surface area contributed by atoms with Gasteiger partial charge in [0.25, 0.3) is 5.91 Å². The number of hydrogen-bond donors (Lipinski definition) is 0. The molecule has 2 unspecified atom stereocenters. The van der Waals surface area contributed by atoms with Crippen molar-refractivity contribution in [1.82, 2.24) is 9.47 Å². The van der Waals surface area contributed by atoms with Gasteiger partial charge in [-0.15, -0.1) is 0 Å². The monoisotopic (exact) mass is 322 g/mol. The fourth-order valence-corrected chi connectivity index (χ4v) is 5.15. The zero-order valence-corrected chi connectivity index (χ0v) is 14.8. The molecule has 3 nitrogen and oxygen atoms in total. The molecule has 24 heavy (non-hydrogen) atoms. The predicted molar refractivity (Wildman–Crippen MR) is 96.3 cm³/mol. The smallest absolute Gasteiger partial charge is 0.254 e. The molecule has 0 spiro atoms. The lowest BCUT2D eigenvalue weighted by Crippen LogP contribution is -2.37. The van der Waals surface area contributed by atoms with Gasteiger partial charge in [-0.2, -0.15) is 0 Å². The lowest BCUT2D eigenvalue weighted by atomic mass is 9.65. The normalized spacial score (nSPS) is 28.1. The van der Waals surface area contributed by atoms with E-state index in [0.717, 1.165) is 30.6 Å². The van der Waals surface area contributed by atoms with Gasteiger partial charge in [0.1, 0.15) is 0 Å². The molecule has 1 amide bonds. The maximum atomic E-state index is 13.1. The van der Waals surface area contributed by atoms with Crippen LogP contribution in [-0.4, -0.2) is 28.0 Å². The average molecular weight is 322 g/mol. The van der Waals surface area contributed by atoms with E-state index >= 15 is 0 Å². The van der Waals surface area contributed by atoms with E-state index in [1.54, 1.807) is 0 Å². The Morgan fingerprint density at radius 2 is 1.71 bits per heavy atom. The largest absolute Gasteiger partial charge is 0.335 e. The summed E-state index contributed by atoms with van der Waals surface area (Å²) in [5.74, 6) is 0.195. The highest BCUT2D eigenvalue weighted by molar-refractivity contribution is 5.95. The molecule has 0 N–H and O–H groups in total. The summed E-state index contributed by atoms with van der Waals surface area (Å²) >= 11 is 0. The van der Waals surface area contributed by atoms with Crippen molar-refractivity contribution in [3.05, 3.63) is 54.4 Å². The maximum Gasteiger partial charge on any atom is 0.254 e. The summed E-state index contributed by atoms with van der Waals surface area (Å²) in [6.45, 7) is 7.94. The number of nitrogens with zero attached hydrogens (tertiary/aromatic N) is 2. The number of likely N-dealkylation sites (tertiary alicyclic amines) is 1. The van der Waals surface area contributed by atoms with E-state index in [4.69, 9.17) is 0 Å². The van der Waals surface area contributed by atoms with Crippen molar-refractivity contribution in [1.29, 1.82) is 0 Å². The summed E-state index contributed by atoms with van der Waals surface area (Å²) in [6.07, 6.45) is 7.53. The van der Waals surface area contributed by atoms with E-state index in [9.17, 15) is 4.79 Å². The first-order chi connectivity index (χ1) is 11.4. The van der Waals surface area contributed by atoms with Gasteiger partial charge in [0.15, 0.2) is 0 Å². The fourth-order valence-electron chi connectivity index (χ4n) is 5.15. The zero-order chi connectivity index (χ0) is 16.9. The molecule has 4 rings (SSSR count). The van der Waals surface area contributed by atoms with Crippen molar-refractivity contribution < 1.29 is 4.79 Å². The zero-order valence-electron chi connectivity index (χ0n) is 14.8. The Kier molecular flexibility index (Phi) is 3.38. The molecule has 1 saturated heterocycles. The SMILES string of the molecule is CC1(C)CC2CC(C)(CN2C(=O)c2ccc(-n3cccc3)cc2)C1. The van der Waals surface area contributed by atoms with Crippen molar-refractivity contribution >= 4 is 5.91 Å². The molecule has 0 radical (unpaired) electrons. The standard InChI is InChI=1S/C21H26N2O/c1-20(2)12-18-13-21(3,14-20)15-23(18)19(24)16-6-8-17(9-7-16)22-10-4-5-11-22/h4-11,18H,12-15H2,1-3H3. The van der Waals surface area contributed by atoms with Crippen LogP contribution in [0, 0.1) is 10.8 Å². The molecule has 2 heterocycles. The van der Waals surface area contributed by atoms with Crippen molar-refractivity contribution in [3.8, 4) is 5.69 Å². The van der Waals surface area contributed by atoms with Gasteiger partial charge in [-0.05, 0) is 66.5 Å². The van der Waals surface area contributed by atoms with E-state index in [-0.39, 0.29) is 11.3 Å². The minimum absolute atomic E-state index is 0.195. The number of rotatable bonds is 2. The van der Waals surface area contributed by atoms with Gasteiger partial charge >= 0.3 is 0 Å². The summed E-state index contributed by atoms with van der Waals surface area (Å²) in [6, 6.07) is 12.4. The number of benzene rings is 1. The second-order valence-electron chi connectivity index (χ2n) is 8.78. The van der Waals surface area contributed by atoms with Crippen molar-refractivity contribution in [2.24, 2.45) is 10.8 Å². The van der Waals surface area contributed by atoms with Gasteiger partial charge in [0.2, 0.25) is 0 Å². The Morgan fingerprint density at radius 1 is 1.04 bits per heavy atom. The Morgan fingerprint density at radius 3 is 2.38 bits per heavy atom. The summed E-state index contributed by atoms with van der Waals surface area (Å²) in [7, 11) is 0. The molecule has 2 aliphatic rings. The van der Waals surface area contributed by atoms with Gasteiger partial charge in [-0.1, -0.05) is 20.8 Å². The number of fused-ring (bicyclic) bond motifs is 2. The van der Waals surface area contributed by atoms with Crippen LogP contribution >= 0.6 is 0 Å². The Balaban J connectivity index is 1.56. The van der Waals surface area contributed by atoms with E-state index in [1.165, 1.54) is 6.42 Å². The van der Waals surface area contributed by atoms with Crippen LogP contribution in [0.15, 0.2) is 48.8 Å². The van der Waals surface area contributed by atoms with E-state index in [2.05, 4.69) is 30.2 Å². The average Bonchev–Trinajstić information content (AvgIpc) is 3.12. The first-order valence-electron chi connectivity index (χ1n) is 8.90. The fraction of sp³-hybridized carbons (Fsp3) is 0.476. The molecule has 2 bridgehead atoms. The molecule has 2 aromatic rings. The number of carbonyl (C=O) groups is 1. The molecule has 2 fully saturated rings. The third-order valence-electron chi connectivity index (χ3n) is 5.69. The third-order valence-corrected chi connectivity index (χ3v) is 5.69. The minimum atomic E-state index is 0.195. The predicted octanol–water partition coefficient (Wildman–Crippen LogP) is 4.52. The van der Waals surface area contributed by atoms with Gasteiger partial charge in [-0.3, -0.25) is 4.79 Å². The van der Waals surface area contributed by atoms with Crippen LogP contribution < -0.4 is 0 Å². The molecular formula is C21H26N2O. The van der Waals surface area contributed by atoms with Crippen molar-refractivity contribution in [2.45, 2.75) is 46.1 Å². The van der Waals surface area contributed by atoms with Crippen LogP contribution in [0.5, 0.6) is 0 Å². The summed E-state index contributed by atoms with van der Waals surface area (Å²) in [4.78, 5) is 15.2. The molecule has 126 valence electrons. The first kappa shape index (κ1) is 15.5. The number of carbonyl (C=O) groups excluding carboxylic acids is 1. The lowest BCUT2D eigenvalue weighted by molar-refractivity contribution is 0.0708. The van der Waals surface area contributed by atoms with Gasteiger partial charge in [0.05, 0.1) is 0 Å². The van der Waals surface area contributed by atoms with Crippen LogP contribution in [0.3, 0.4) is 0 Å². The molecule has 3 heteroatoms. The molecular weight excluding hydrogens is 296 g/mol. The summed E-state index contributed by atoms with van der Waals surface area (Å²) in [5, 5.41) is 0. The highest BCUT2D eigenvalue weighted by Gasteiger charge is 2.50. The van der Waals surface area contributed by atoms with E-state index in [1.807, 2.05) is 48.8 Å². The van der Waals surface area contributed by atoms with E-state index < -0.39 is 0 Å². The van der Waals surface area contributed by atoms with Crippen LogP contribution in [-0.2, 0) is 0 Å². The van der Waals surface area contributed by atoms with Crippen molar-refractivity contribution in [3.63, 3.8) is 0 Å². The second kappa shape index (κ2) is 5.23. The second-order valence-corrected chi connectivity index (χ2v) is 8.78. The number of hydrogen-bond acceptors (Lipinski definition) is 1. The Bertz CT molecular complexity index is 745. The quantitative estimate of drug-likeness (QED) is 0.798. The molecule has 1 aliphatic carbocycles. The van der Waals surface area contributed by atoms with Crippen LogP contribution in [0.1, 0.15) is 50.4 Å².